The topological polar surface area (TPSA) is 37.4 Å². The fraction of sp³-hybridized carbons (Fsp3) is 0.667. The van der Waals surface area contributed by atoms with Crippen LogP contribution in [-0.2, 0) is 10.0 Å². The van der Waals surface area contributed by atoms with E-state index in [4.69, 9.17) is 11.6 Å². The molecule has 1 fully saturated rings. The predicted molar refractivity (Wildman–Crippen MR) is 83.4 cm³/mol. The molecule has 0 spiro atoms. The molecule has 0 radical (unpaired) electrons. The predicted octanol–water partition coefficient (Wildman–Crippen LogP) is 4.36. The van der Waals surface area contributed by atoms with Crippen molar-refractivity contribution in [3.63, 3.8) is 0 Å². The van der Waals surface area contributed by atoms with Crippen LogP contribution in [0.1, 0.15) is 32.6 Å². The lowest BCUT2D eigenvalue weighted by Crippen LogP contribution is -2.38. The molecule has 1 aliphatic rings. The van der Waals surface area contributed by atoms with Gasteiger partial charge in [-0.05, 0) is 53.6 Å². The smallest absolute Gasteiger partial charge is 0.206 e. The SMILES string of the molecule is CC1CCC(N(C)S(=O)(=O)c2cc(Cl)c(Br)s2)CC1. The molecule has 3 nitrogen and oxygen atoms in total. The Kier molecular flexibility index (Phi) is 4.99. The first-order chi connectivity index (χ1) is 8.82. The van der Waals surface area contributed by atoms with Crippen molar-refractivity contribution in [3.05, 3.63) is 14.9 Å². The van der Waals surface area contributed by atoms with Crippen LogP contribution in [0.25, 0.3) is 0 Å². The van der Waals surface area contributed by atoms with Crippen molar-refractivity contribution in [3.8, 4) is 0 Å². The highest BCUT2D eigenvalue weighted by Crippen LogP contribution is 2.37. The summed E-state index contributed by atoms with van der Waals surface area (Å²) in [5.41, 5.74) is 0. The lowest BCUT2D eigenvalue weighted by Gasteiger charge is -2.32. The molecular weight excluding hydrogens is 370 g/mol. The van der Waals surface area contributed by atoms with Crippen molar-refractivity contribution in [1.29, 1.82) is 0 Å². The first-order valence-corrected chi connectivity index (χ1v) is 9.68. The standard InChI is InChI=1S/C12H17BrClNO2S2/c1-8-3-5-9(6-4-8)15(2)19(16,17)11-7-10(14)12(13)18-11/h7-9H,3-6H2,1-2H3. The Morgan fingerprint density at radius 1 is 1.37 bits per heavy atom. The van der Waals surface area contributed by atoms with Gasteiger partial charge in [0.2, 0.25) is 0 Å². The lowest BCUT2D eigenvalue weighted by molar-refractivity contribution is 0.246. The fourth-order valence-corrected chi connectivity index (χ4v) is 6.40. The lowest BCUT2D eigenvalue weighted by atomic mass is 9.87. The van der Waals surface area contributed by atoms with E-state index in [0.29, 0.717) is 18.9 Å². The number of thiophene rings is 1. The summed E-state index contributed by atoms with van der Waals surface area (Å²) in [6.45, 7) is 2.22. The van der Waals surface area contributed by atoms with E-state index in [9.17, 15) is 8.42 Å². The monoisotopic (exact) mass is 385 g/mol. The van der Waals surface area contributed by atoms with Gasteiger partial charge in [0.15, 0.2) is 0 Å². The van der Waals surface area contributed by atoms with E-state index in [1.54, 1.807) is 7.05 Å². The van der Waals surface area contributed by atoms with Gasteiger partial charge in [-0.2, -0.15) is 4.31 Å². The van der Waals surface area contributed by atoms with Crippen molar-refractivity contribution in [2.45, 2.75) is 42.9 Å². The molecule has 0 saturated heterocycles. The maximum atomic E-state index is 12.5. The summed E-state index contributed by atoms with van der Waals surface area (Å²) >= 11 is 10.4. The quantitative estimate of drug-likeness (QED) is 0.774. The van der Waals surface area contributed by atoms with Gasteiger partial charge in [-0.3, -0.25) is 0 Å². The van der Waals surface area contributed by atoms with Gasteiger partial charge in [-0.15, -0.1) is 11.3 Å². The Morgan fingerprint density at radius 2 is 1.95 bits per heavy atom. The molecule has 0 aliphatic heterocycles. The fourth-order valence-electron chi connectivity index (χ4n) is 2.40. The third-order valence-corrected chi connectivity index (χ3v) is 8.59. The van der Waals surface area contributed by atoms with Crippen molar-refractivity contribution >= 4 is 48.9 Å². The third-order valence-electron chi connectivity index (χ3n) is 3.76. The van der Waals surface area contributed by atoms with Crippen LogP contribution in [0, 0.1) is 5.92 Å². The van der Waals surface area contributed by atoms with E-state index >= 15 is 0 Å². The van der Waals surface area contributed by atoms with Gasteiger partial charge in [-0.25, -0.2) is 8.42 Å². The number of hydrogen-bond donors (Lipinski definition) is 0. The maximum Gasteiger partial charge on any atom is 0.252 e. The molecule has 1 heterocycles. The average Bonchev–Trinajstić information content (AvgIpc) is 2.70. The van der Waals surface area contributed by atoms with Crippen LogP contribution in [0.5, 0.6) is 0 Å². The van der Waals surface area contributed by atoms with E-state index < -0.39 is 10.0 Å². The molecule has 1 aliphatic carbocycles. The van der Waals surface area contributed by atoms with Crippen molar-refractivity contribution in [2.24, 2.45) is 5.92 Å². The molecule has 2 rings (SSSR count). The summed E-state index contributed by atoms with van der Waals surface area (Å²) in [5.74, 6) is 0.706. The van der Waals surface area contributed by atoms with Gasteiger partial charge in [0.1, 0.15) is 4.21 Å². The highest BCUT2D eigenvalue weighted by atomic mass is 79.9. The molecule has 0 aromatic carbocycles. The Hall–Kier alpha value is 0.380. The van der Waals surface area contributed by atoms with Crippen LogP contribution in [0.3, 0.4) is 0 Å². The molecule has 0 amide bonds. The summed E-state index contributed by atoms with van der Waals surface area (Å²) in [5, 5.41) is 0.453. The zero-order valence-corrected chi connectivity index (χ0v) is 14.9. The van der Waals surface area contributed by atoms with Gasteiger partial charge < -0.3 is 0 Å². The van der Waals surface area contributed by atoms with Gasteiger partial charge in [0, 0.05) is 13.1 Å². The summed E-state index contributed by atoms with van der Waals surface area (Å²) < 4.78 is 27.6. The van der Waals surface area contributed by atoms with Crippen molar-refractivity contribution in [1.82, 2.24) is 4.31 Å². The first kappa shape index (κ1) is 15.8. The minimum absolute atomic E-state index is 0.112. The van der Waals surface area contributed by atoms with E-state index in [1.165, 1.54) is 21.7 Å². The normalized spacial score (nSPS) is 24.9. The van der Waals surface area contributed by atoms with E-state index in [-0.39, 0.29) is 6.04 Å². The van der Waals surface area contributed by atoms with E-state index in [2.05, 4.69) is 22.9 Å². The second-order valence-corrected chi connectivity index (χ2v) is 10.1. The second-order valence-electron chi connectivity index (χ2n) is 5.12. The Morgan fingerprint density at radius 3 is 2.42 bits per heavy atom. The van der Waals surface area contributed by atoms with E-state index in [1.807, 2.05) is 0 Å². The maximum absolute atomic E-state index is 12.5. The van der Waals surface area contributed by atoms with Gasteiger partial charge in [-0.1, -0.05) is 18.5 Å². The molecular formula is C12H17BrClNO2S2. The number of halogens is 2. The zero-order chi connectivity index (χ0) is 14.2. The summed E-state index contributed by atoms with van der Waals surface area (Å²) in [7, 11) is -1.74. The van der Waals surface area contributed by atoms with Crippen LogP contribution in [0.2, 0.25) is 5.02 Å². The summed E-state index contributed by atoms with van der Waals surface area (Å²) in [6, 6.07) is 1.63. The third kappa shape index (κ3) is 3.35. The molecule has 108 valence electrons. The van der Waals surface area contributed by atoms with Crippen LogP contribution >= 0.6 is 38.9 Å². The largest absolute Gasteiger partial charge is 0.252 e. The molecule has 19 heavy (non-hydrogen) atoms. The Labute approximate surface area is 132 Å². The van der Waals surface area contributed by atoms with Gasteiger partial charge in [0.25, 0.3) is 10.0 Å². The molecule has 0 atom stereocenters. The minimum atomic E-state index is -3.42. The van der Waals surface area contributed by atoms with E-state index in [0.717, 1.165) is 25.7 Å². The average molecular weight is 387 g/mol. The number of sulfonamides is 1. The van der Waals surface area contributed by atoms with Gasteiger partial charge in [0.05, 0.1) is 8.81 Å². The molecule has 7 heteroatoms. The molecule has 1 aromatic heterocycles. The van der Waals surface area contributed by atoms with Crippen molar-refractivity contribution in [2.75, 3.05) is 7.05 Å². The molecule has 0 unspecified atom stereocenters. The van der Waals surface area contributed by atoms with Crippen LogP contribution in [0.4, 0.5) is 0 Å². The van der Waals surface area contributed by atoms with Crippen molar-refractivity contribution < 1.29 is 8.42 Å². The number of nitrogens with zero attached hydrogens (tertiary/aromatic N) is 1. The Balaban J connectivity index is 2.19. The minimum Gasteiger partial charge on any atom is -0.206 e. The number of hydrogen-bond acceptors (Lipinski definition) is 3. The first-order valence-electron chi connectivity index (χ1n) is 6.25. The second kappa shape index (κ2) is 6.02. The molecule has 1 saturated carbocycles. The highest BCUT2D eigenvalue weighted by molar-refractivity contribution is 9.11. The number of rotatable bonds is 3. The summed E-state index contributed by atoms with van der Waals surface area (Å²) in [4.78, 5) is 0. The highest BCUT2D eigenvalue weighted by Gasteiger charge is 2.31. The van der Waals surface area contributed by atoms with Crippen LogP contribution in [-0.4, -0.2) is 25.8 Å². The van der Waals surface area contributed by atoms with Crippen LogP contribution in [0.15, 0.2) is 14.1 Å². The van der Waals surface area contributed by atoms with Gasteiger partial charge >= 0.3 is 0 Å². The molecule has 1 aromatic rings. The van der Waals surface area contributed by atoms with Crippen LogP contribution < -0.4 is 0 Å². The zero-order valence-electron chi connectivity index (χ0n) is 10.9. The molecule has 0 N–H and O–H groups in total. The summed E-state index contributed by atoms with van der Waals surface area (Å²) in [6.07, 6.45) is 4.08. The molecule has 0 bridgehead atoms. The Bertz CT molecular complexity index is 531.